The second-order valence-electron chi connectivity index (χ2n) is 6.70. The van der Waals surface area contributed by atoms with E-state index < -0.39 is 0 Å². The van der Waals surface area contributed by atoms with Crippen molar-refractivity contribution in [2.45, 2.75) is 25.3 Å². The highest BCUT2D eigenvalue weighted by Gasteiger charge is 2.32. The van der Waals surface area contributed by atoms with Crippen LogP contribution < -0.4 is 4.74 Å². The topological polar surface area (TPSA) is 80.0 Å². The van der Waals surface area contributed by atoms with Crippen molar-refractivity contribution < 1.29 is 14.6 Å². The molecule has 0 saturated carbocycles. The first-order chi connectivity index (χ1) is 13.2. The van der Waals surface area contributed by atoms with Gasteiger partial charge in [0.2, 0.25) is 0 Å². The number of nitrogens with zero attached hydrogens (tertiary/aromatic N) is 4. The molecule has 2 aromatic heterocycles. The zero-order valence-corrected chi connectivity index (χ0v) is 15.2. The Labute approximate surface area is 157 Å². The number of likely N-dealkylation sites (tertiary alicyclic amines) is 1. The number of methoxy groups -OCH3 is 1. The van der Waals surface area contributed by atoms with Gasteiger partial charge in [-0.15, -0.1) is 0 Å². The van der Waals surface area contributed by atoms with E-state index in [1.54, 1.807) is 30.2 Å². The SMILES string of the molecule is COc1cccc(C2CCCN2C(=O)c2cnn3cc(CCO)cnc23)c1. The summed E-state index contributed by atoms with van der Waals surface area (Å²) in [6, 6.07) is 7.91. The van der Waals surface area contributed by atoms with E-state index in [1.807, 2.05) is 29.2 Å². The lowest BCUT2D eigenvalue weighted by Gasteiger charge is -2.25. The molecule has 7 nitrogen and oxygen atoms in total. The Hall–Kier alpha value is -2.93. The van der Waals surface area contributed by atoms with Crippen LogP contribution in [0.1, 0.15) is 40.4 Å². The summed E-state index contributed by atoms with van der Waals surface area (Å²) in [5.41, 5.74) is 3.00. The molecular formula is C20H22N4O3. The Kier molecular flexibility index (Phi) is 4.77. The third kappa shape index (κ3) is 3.26. The molecule has 7 heteroatoms. The minimum Gasteiger partial charge on any atom is -0.497 e. The maximum atomic E-state index is 13.2. The first-order valence-electron chi connectivity index (χ1n) is 9.09. The predicted octanol–water partition coefficient (Wildman–Crippen LogP) is 2.25. The highest BCUT2D eigenvalue weighted by molar-refractivity contribution is 6.00. The van der Waals surface area contributed by atoms with Crippen LogP contribution >= 0.6 is 0 Å². The van der Waals surface area contributed by atoms with Gasteiger partial charge in [0.25, 0.3) is 5.91 Å². The molecule has 1 saturated heterocycles. The average Bonchev–Trinajstić information content (AvgIpc) is 3.35. The normalized spacial score (nSPS) is 16.8. The fraction of sp³-hybridized carbons (Fsp3) is 0.350. The van der Waals surface area contributed by atoms with Crippen LogP contribution in [0.5, 0.6) is 5.75 Å². The number of carbonyl (C=O) groups is 1. The van der Waals surface area contributed by atoms with Crippen molar-refractivity contribution in [3.8, 4) is 5.75 Å². The van der Waals surface area contributed by atoms with Gasteiger partial charge in [-0.2, -0.15) is 5.10 Å². The molecule has 0 aliphatic carbocycles. The fourth-order valence-electron chi connectivity index (χ4n) is 3.68. The van der Waals surface area contributed by atoms with Crippen molar-refractivity contribution in [1.29, 1.82) is 0 Å². The predicted molar refractivity (Wildman–Crippen MR) is 99.8 cm³/mol. The lowest BCUT2D eigenvalue weighted by Crippen LogP contribution is -2.30. The number of ether oxygens (including phenoxy) is 1. The van der Waals surface area contributed by atoms with Gasteiger partial charge in [0.15, 0.2) is 5.65 Å². The Morgan fingerprint density at radius 3 is 3.07 bits per heavy atom. The van der Waals surface area contributed by atoms with Crippen LogP contribution in [0.2, 0.25) is 0 Å². The lowest BCUT2D eigenvalue weighted by molar-refractivity contribution is 0.0737. The van der Waals surface area contributed by atoms with Crippen molar-refractivity contribution in [3.05, 3.63) is 59.5 Å². The Morgan fingerprint density at radius 2 is 2.26 bits per heavy atom. The van der Waals surface area contributed by atoms with Gasteiger partial charge in [-0.05, 0) is 42.5 Å². The number of hydrogen-bond donors (Lipinski definition) is 1. The quantitative estimate of drug-likeness (QED) is 0.749. The molecule has 1 amide bonds. The van der Waals surface area contributed by atoms with Gasteiger partial charge in [-0.3, -0.25) is 4.79 Å². The number of amides is 1. The van der Waals surface area contributed by atoms with Crippen LogP contribution in [0.15, 0.2) is 42.9 Å². The molecule has 0 radical (unpaired) electrons. The van der Waals surface area contributed by atoms with Crippen molar-refractivity contribution in [2.24, 2.45) is 0 Å². The number of benzene rings is 1. The summed E-state index contributed by atoms with van der Waals surface area (Å²) in [5.74, 6) is 0.735. The number of aromatic nitrogens is 3. The first-order valence-corrected chi connectivity index (χ1v) is 9.09. The maximum Gasteiger partial charge on any atom is 0.259 e. The minimum absolute atomic E-state index is 0.0243. The molecule has 0 bridgehead atoms. The molecule has 27 heavy (non-hydrogen) atoms. The summed E-state index contributed by atoms with van der Waals surface area (Å²) >= 11 is 0. The number of aliphatic hydroxyl groups excluding tert-OH is 1. The number of rotatable bonds is 5. The molecular weight excluding hydrogens is 344 g/mol. The van der Waals surface area contributed by atoms with Crippen molar-refractivity contribution >= 4 is 11.6 Å². The van der Waals surface area contributed by atoms with Crippen LogP contribution in [0.3, 0.4) is 0 Å². The molecule has 1 aromatic carbocycles. The smallest absolute Gasteiger partial charge is 0.259 e. The van der Waals surface area contributed by atoms with Crippen molar-refractivity contribution in [1.82, 2.24) is 19.5 Å². The molecule has 1 aliphatic heterocycles. The largest absolute Gasteiger partial charge is 0.497 e. The van der Waals surface area contributed by atoms with Crippen LogP contribution in [0.4, 0.5) is 0 Å². The highest BCUT2D eigenvalue weighted by atomic mass is 16.5. The van der Waals surface area contributed by atoms with E-state index in [2.05, 4.69) is 10.1 Å². The first kappa shape index (κ1) is 17.5. The van der Waals surface area contributed by atoms with Crippen LogP contribution in [0, 0.1) is 0 Å². The molecule has 1 atom stereocenters. The summed E-state index contributed by atoms with van der Waals surface area (Å²) < 4.78 is 6.93. The molecule has 1 unspecified atom stereocenters. The van der Waals surface area contributed by atoms with E-state index in [0.29, 0.717) is 24.2 Å². The molecule has 3 aromatic rings. The number of aliphatic hydroxyl groups is 1. The Bertz CT molecular complexity index is 969. The van der Waals surface area contributed by atoms with Gasteiger partial charge in [0, 0.05) is 25.5 Å². The number of hydrogen-bond acceptors (Lipinski definition) is 5. The molecule has 3 heterocycles. The van der Waals surface area contributed by atoms with Crippen LogP contribution in [-0.4, -0.2) is 50.8 Å². The summed E-state index contributed by atoms with van der Waals surface area (Å²) in [6.07, 6.45) is 7.46. The average molecular weight is 366 g/mol. The second-order valence-corrected chi connectivity index (χ2v) is 6.70. The molecule has 1 fully saturated rings. The van der Waals surface area contributed by atoms with Crippen LogP contribution in [-0.2, 0) is 6.42 Å². The van der Waals surface area contributed by atoms with Gasteiger partial charge >= 0.3 is 0 Å². The molecule has 1 N–H and O–H groups in total. The Morgan fingerprint density at radius 1 is 1.37 bits per heavy atom. The molecule has 1 aliphatic rings. The van der Waals surface area contributed by atoms with Crippen molar-refractivity contribution in [3.63, 3.8) is 0 Å². The van der Waals surface area contributed by atoms with E-state index in [-0.39, 0.29) is 18.6 Å². The third-order valence-corrected chi connectivity index (χ3v) is 5.03. The zero-order valence-electron chi connectivity index (χ0n) is 15.2. The molecule has 4 rings (SSSR count). The van der Waals surface area contributed by atoms with Crippen molar-refractivity contribution in [2.75, 3.05) is 20.3 Å². The third-order valence-electron chi connectivity index (χ3n) is 5.03. The van der Waals surface area contributed by atoms with E-state index in [4.69, 9.17) is 9.84 Å². The highest BCUT2D eigenvalue weighted by Crippen LogP contribution is 2.34. The second kappa shape index (κ2) is 7.36. The number of carbonyl (C=O) groups excluding carboxylic acids is 1. The molecule has 0 spiro atoms. The zero-order chi connectivity index (χ0) is 18.8. The monoisotopic (exact) mass is 366 g/mol. The van der Waals surface area contributed by atoms with Gasteiger partial charge in [0.1, 0.15) is 11.3 Å². The summed E-state index contributed by atoms with van der Waals surface area (Å²) in [7, 11) is 1.65. The van der Waals surface area contributed by atoms with Gasteiger partial charge in [-0.25, -0.2) is 9.50 Å². The van der Waals surface area contributed by atoms with E-state index >= 15 is 0 Å². The maximum absolute atomic E-state index is 13.2. The van der Waals surface area contributed by atoms with Gasteiger partial charge in [0.05, 0.1) is 19.3 Å². The van der Waals surface area contributed by atoms with Crippen LogP contribution in [0.25, 0.3) is 5.65 Å². The van der Waals surface area contributed by atoms with Gasteiger partial charge in [-0.1, -0.05) is 12.1 Å². The van der Waals surface area contributed by atoms with E-state index in [1.165, 1.54) is 0 Å². The Balaban J connectivity index is 1.64. The summed E-state index contributed by atoms with van der Waals surface area (Å²) in [4.78, 5) is 19.5. The minimum atomic E-state index is -0.0577. The van der Waals surface area contributed by atoms with Gasteiger partial charge < -0.3 is 14.7 Å². The van der Waals surface area contributed by atoms with E-state index in [9.17, 15) is 4.79 Å². The standard InChI is InChI=1S/C20H22N4O3/c1-27-16-5-2-4-15(10-16)18-6-3-8-23(18)20(26)17-12-22-24-13-14(7-9-25)11-21-19(17)24/h2,4-5,10-13,18,25H,3,6-9H2,1H3. The number of fused-ring (bicyclic) bond motifs is 1. The summed E-state index contributed by atoms with van der Waals surface area (Å²) in [6.45, 7) is 0.761. The fourth-order valence-corrected chi connectivity index (χ4v) is 3.68. The summed E-state index contributed by atoms with van der Waals surface area (Å²) in [5, 5.41) is 13.4. The lowest BCUT2D eigenvalue weighted by atomic mass is 10.0. The van der Waals surface area contributed by atoms with E-state index in [0.717, 1.165) is 29.7 Å². The molecule has 140 valence electrons.